The van der Waals surface area contributed by atoms with Gasteiger partial charge in [-0.3, -0.25) is 4.55 Å². The van der Waals surface area contributed by atoms with E-state index in [0.29, 0.717) is 6.26 Å². The zero-order valence-electron chi connectivity index (χ0n) is 8.06. The van der Waals surface area contributed by atoms with Gasteiger partial charge in [-0.2, -0.15) is 21.6 Å². The second-order valence-electron chi connectivity index (χ2n) is 2.68. The van der Waals surface area contributed by atoms with Crippen LogP contribution in [-0.4, -0.2) is 24.2 Å². The molecule has 0 aliphatic heterocycles. The van der Waals surface area contributed by atoms with Crippen LogP contribution in [0.3, 0.4) is 0 Å². The number of rotatable bonds is 0. The number of hydrogen-bond donors (Lipinski definition) is 2. The van der Waals surface area contributed by atoms with Gasteiger partial charge in [-0.25, -0.2) is 4.98 Å². The van der Waals surface area contributed by atoms with Crippen molar-refractivity contribution in [2.75, 3.05) is 12.0 Å². The van der Waals surface area contributed by atoms with Crippen molar-refractivity contribution >= 4 is 15.9 Å². The van der Waals surface area contributed by atoms with Gasteiger partial charge in [-0.05, 0) is 12.1 Å². The first-order valence-corrected chi connectivity index (χ1v) is 5.57. The second kappa shape index (κ2) is 5.12. The van der Waals surface area contributed by atoms with Crippen molar-refractivity contribution in [2.45, 2.75) is 6.18 Å². The number of nitrogens with two attached hydrogens (primary N) is 1. The Morgan fingerprint density at radius 1 is 1.38 bits per heavy atom. The lowest BCUT2D eigenvalue weighted by Crippen LogP contribution is -2.08. The monoisotopic (exact) mass is 258 g/mol. The highest BCUT2D eigenvalue weighted by Gasteiger charge is 2.32. The summed E-state index contributed by atoms with van der Waals surface area (Å²) in [5.74, 6) is -0.125. The van der Waals surface area contributed by atoms with Gasteiger partial charge in [0.15, 0.2) is 0 Å². The quantitative estimate of drug-likeness (QED) is 0.682. The molecule has 0 fully saturated rings. The molecule has 1 aromatic rings. The van der Waals surface area contributed by atoms with E-state index in [4.69, 9.17) is 10.3 Å². The molecule has 0 aliphatic carbocycles. The molecule has 0 amide bonds. The van der Waals surface area contributed by atoms with Crippen molar-refractivity contribution in [3.63, 3.8) is 0 Å². The summed E-state index contributed by atoms with van der Waals surface area (Å²) in [6.07, 6.45) is -3.69. The first-order chi connectivity index (χ1) is 7.00. The summed E-state index contributed by atoms with van der Waals surface area (Å²) in [5.41, 5.74) is 4.08. The molecule has 0 aromatic carbocycles. The van der Waals surface area contributed by atoms with Crippen LogP contribution in [0.1, 0.15) is 5.69 Å². The van der Waals surface area contributed by atoms with Crippen LogP contribution < -0.4 is 5.73 Å². The molecule has 1 aromatic heterocycles. The van der Waals surface area contributed by atoms with Gasteiger partial charge in [0.2, 0.25) is 0 Å². The van der Waals surface area contributed by atoms with Crippen LogP contribution in [0.5, 0.6) is 0 Å². The molecule has 0 saturated carbocycles. The number of aromatic nitrogens is 1. The number of nitrogens with zero attached hydrogens (tertiary/aromatic N) is 1. The van der Waals surface area contributed by atoms with Gasteiger partial charge in [0.05, 0.1) is 6.26 Å². The third kappa shape index (κ3) is 8.00. The third-order valence-electron chi connectivity index (χ3n) is 1.06. The highest BCUT2D eigenvalue weighted by atomic mass is 32.2. The van der Waals surface area contributed by atoms with Crippen molar-refractivity contribution in [3.8, 4) is 0 Å². The van der Waals surface area contributed by atoms with Crippen molar-refractivity contribution in [1.82, 2.24) is 4.98 Å². The van der Waals surface area contributed by atoms with Gasteiger partial charge in [-0.1, -0.05) is 6.07 Å². The van der Waals surface area contributed by atoms with Gasteiger partial charge in [0.1, 0.15) is 11.5 Å². The van der Waals surface area contributed by atoms with E-state index in [1.807, 2.05) is 0 Å². The fraction of sp³-hybridized carbons (Fsp3) is 0.286. The minimum absolute atomic E-state index is 0.125. The summed E-state index contributed by atoms with van der Waals surface area (Å²) in [6.45, 7) is 0. The van der Waals surface area contributed by atoms with Gasteiger partial charge in [-0.15, -0.1) is 0 Å². The molecule has 92 valence electrons. The normalized spacial score (nSPS) is 11.6. The van der Waals surface area contributed by atoms with Crippen molar-refractivity contribution < 1.29 is 26.1 Å². The Kier molecular flexibility index (Phi) is 4.69. The van der Waals surface area contributed by atoms with Crippen LogP contribution in [0.15, 0.2) is 18.2 Å². The van der Waals surface area contributed by atoms with Gasteiger partial charge in [0, 0.05) is 0 Å². The Hall–Kier alpha value is -1.35. The Bertz CT molecular complexity index is 436. The van der Waals surface area contributed by atoms with Gasteiger partial charge in [0.25, 0.3) is 10.1 Å². The fourth-order valence-corrected chi connectivity index (χ4v) is 0.609. The first-order valence-electron chi connectivity index (χ1n) is 3.72. The molecule has 0 bridgehead atoms. The maximum atomic E-state index is 11.8. The predicted molar refractivity (Wildman–Crippen MR) is 51.1 cm³/mol. The lowest BCUT2D eigenvalue weighted by atomic mass is 10.3. The summed E-state index contributed by atoms with van der Waals surface area (Å²) in [7, 11) is -3.67. The van der Waals surface area contributed by atoms with E-state index >= 15 is 0 Å². The molecule has 3 N–H and O–H groups in total. The molecule has 0 spiro atoms. The molecule has 0 unspecified atom stereocenters. The summed E-state index contributed by atoms with van der Waals surface area (Å²) >= 11 is 0. The molecule has 1 rings (SSSR count). The van der Waals surface area contributed by atoms with E-state index in [-0.39, 0.29) is 5.82 Å². The number of alkyl halides is 3. The highest BCUT2D eigenvalue weighted by Crippen LogP contribution is 2.27. The van der Waals surface area contributed by atoms with Crippen LogP contribution in [0, 0.1) is 0 Å². The molecule has 0 atom stereocenters. The molecular formula is C7H9F3N2O3S. The van der Waals surface area contributed by atoms with Crippen molar-refractivity contribution in [2.24, 2.45) is 0 Å². The Balaban J connectivity index is 0.000000385. The van der Waals surface area contributed by atoms with Crippen molar-refractivity contribution in [1.29, 1.82) is 0 Å². The maximum absolute atomic E-state index is 11.8. The van der Waals surface area contributed by atoms with E-state index in [1.165, 1.54) is 12.1 Å². The van der Waals surface area contributed by atoms with Crippen LogP contribution >= 0.6 is 0 Å². The summed E-state index contributed by atoms with van der Waals surface area (Å²) < 4.78 is 61.4. The molecule has 5 nitrogen and oxygen atoms in total. The number of nitrogen functional groups attached to an aromatic ring is 1. The number of halogens is 3. The van der Waals surface area contributed by atoms with E-state index in [1.54, 1.807) is 0 Å². The highest BCUT2D eigenvalue weighted by molar-refractivity contribution is 7.85. The molecule has 0 radical (unpaired) electrons. The smallest absolute Gasteiger partial charge is 0.384 e. The van der Waals surface area contributed by atoms with Gasteiger partial charge < -0.3 is 5.73 Å². The maximum Gasteiger partial charge on any atom is 0.433 e. The van der Waals surface area contributed by atoms with E-state index in [0.717, 1.165) is 6.07 Å². The SMILES string of the molecule is CS(=O)(=O)O.Nc1cccc(C(F)(F)F)n1. The minimum atomic E-state index is -4.41. The molecule has 0 saturated heterocycles. The molecule has 9 heteroatoms. The largest absolute Gasteiger partial charge is 0.433 e. The van der Waals surface area contributed by atoms with Crippen molar-refractivity contribution in [3.05, 3.63) is 23.9 Å². The minimum Gasteiger partial charge on any atom is -0.384 e. The Morgan fingerprint density at radius 2 is 1.81 bits per heavy atom. The standard InChI is InChI=1S/C6H5F3N2.CH4O3S/c7-6(8,9)4-2-1-3-5(10)11-4;1-5(2,3)4/h1-3H,(H2,10,11);1H3,(H,2,3,4). The molecule has 0 aliphatic rings. The summed E-state index contributed by atoms with van der Waals surface area (Å²) in [5, 5.41) is 0. The second-order valence-corrected chi connectivity index (χ2v) is 4.14. The molecule has 16 heavy (non-hydrogen) atoms. The third-order valence-corrected chi connectivity index (χ3v) is 1.06. The lowest BCUT2D eigenvalue weighted by molar-refractivity contribution is -0.141. The summed E-state index contributed by atoms with van der Waals surface area (Å²) in [6, 6.07) is 3.39. The zero-order chi connectivity index (χ0) is 13.0. The number of pyridine rings is 1. The average Bonchev–Trinajstić information content (AvgIpc) is 1.99. The topological polar surface area (TPSA) is 93.3 Å². The first kappa shape index (κ1) is 14.6. The van der Waals surface area contributed by atoms with E-state index < -0.39 is 22.0 Å². The molecular weight excluding hydrogens is 249 g/mol. The number of hydrogen-bond acceptors (Lipinski definition) is 4. The van der Waals surface area contributed by atoms with Crippen LogP contribution in [0.2, 0.25) is 0 Å². The van der Waals surface area contributed by atoms with Gasteiger partial charge >= 0.3 is 6.18 Å². The fourth-order valence-electron chi connectivity index (χ4n) is 0.609. The van der Waals surface area contributed by atoms with E-state index in [9.17, 15) is 21.6 Å². The number of anilines is 1. The average molecular weight is 258 g/mol. The summed E-state index contributed by atoms with van der Waals surface area (Å²) in [4.78, 5) is 3.10. The predicted octanol–water partition coefficient (Wildman–Crippen LogP) is 1.19. The Labute approximate surface area is 89.9 Å². The Morgan fingerprint density at radius 3 is 2.06 bits per heavy atom. The van der Waals surface area contributed by atoms with Crippen LogP contribution in [0.4, 0.5) is 19.0 Å². The molecule has 1 heterocycles. The zero-order valence-corrected chi connectivity index (χ0v) is 8.88. The van der Waals surface area contributed by atoms with Crippen LogP contribution in [-0.2, 0) is 16.3 Å². The van der Waals surface area contributed by atoms with E-state index in [2.05, 4.69) is 4.98 Å². The lowest BCUT2D eigenvalue weighted by Gasteiger charge is -2.04. The van der Waals surface area contributed by atoms with Crippen LogP contribution in [0.25, 0.3) is 0 Å².